The fourth-order valence-corrected chi connectivity index (χ4v) is 12.5. The average Bonchev–Trinajstić information content (AvgIpc) is 3.70. The third-order valence-electron chi connectivity index (χ3n) is 7.87. The SMILES string of the molecule is CCCc1nc(-c2ccccc2)n(C)[n+]1[Ir]([n+]1c(CCC)nc(-c2ccccc2)n1C)[n+]1c(CCC)nc(-c2ccccc2)n1C. The Morgan fingerprint density at radius 2 is 0.717 bits per heavy atom. The molecule has 0 aliphatic heterocycles. The van der Waals surface area contributed by atoms with Crippen LogP contribution in [0.5, 0.6) is 0 Å². The van der Waals surface area contributed by atoms with Gasteiger partial charge in [-0.3, -0.25) is 0 Å². The molecule has 3 aromatic carbocycles. The van der Waals surface area contributed by atoms with Crippen molar-refractivity contribution in [2.75, 3.05) is 0 Å². The summed E-state index contributed by atoms with van der Waals surface area (Å²) in [7, 11) is 6.51. The summed E-state index contributed by atoms with van der Waals surface area (Å²) < 4.78 is 14.5. The Labute approximate surface area is 278 Å². The van der Waals surface area contributed by atoms with Gasteiger partial charge in [0.1, 0.15) is 0 Å². The van der Waals surface area contributed by atoms with Crippen molar-refractivity contribution >= 4 is 0 Å². The number of aryl methyl sites for hydroxylation is 3. The molecule has 46 heavy (non-hydrogen) atoms. The Morgan fingerprint density at radius 1 is 0.457 bits per heavy atom. The first-order chi connectivity index (χ1) is 22.5. The summed E-state index contributed by atoms with van der Waals surface area (Å²) in [6.45, 7) is 6.71. The summed E-state index contributed by atoms with van der Waals surface area (Å²) in [6, 6.07) is 31.7. The van der Waals surface area contributed by atoms with Crippen LogP contribution in [-0.2, 0) is 57.6 Å². The van der Waals surface area contributed by atoms with E-state index in [2.05, 4.69) is 157 Å². The third kappa shape index (κ3) is 5.87. The zero-order valence-corrected chi connectivity index (χ0v) is 30.2. The second-order valence-electron chi connectivity index (χ2n) is 11.4. The Kier molecular flexibility index (Phi) is 9.66. The van der Waals surface area contributed by atoms with Gasteiger partial charge in [-0.2, -0.15) is 0 Å². The molecule has 10 heteroatoms. The van der Waals surface area contributed by atoms with Crippen molar-refractivity contribution in [3.8, 4) is 34.2 Å². The number of nitrogens with zero attached hydrogens (tertiary/aromatic N) is 9. The number of rotatable bonds is 12. The number of aromatic nitrogens is 9. The van der Waals surface area contributed by atoms with Gasteiger partial charge in [-0.1, -0.05) is 0 Å². The third-order valence-corrected chi connectivity index (χ3v) is 14.6. The van der Waals surface area contributed by atoms with Crippen molar-refractivity contribution in [2.45, 2.75) is 59.3 Å². The normalized spacial score (nSPS) is 11.7. The summed E-state index contributed by atoms with van der Waals surface area (Å²) in [5.74, 6) is 6.19. The van der Waals surface area contributed by atoms with Crippen molar-refractivity contribution in [1.82, 2.24) is 29.0 Å². The monoisotopic (exact) mass is 796 g/mol. The molecule has 0 saturated carbocycles. The molecule has 0 fully saturated rings. The fraction of sp³-hybridized carbons (Fsp3) is 0.333. The van der Waals surface area contributed by atoms with E-state index in [-0.39, 0.29) is 0 Å². The Balaban J connectivity index is 1.71. The first-order valence-corrected chi connectivity index (χ1v) is 19.4. The first-order valence-electron chi connectivity index (χ1n) is 16.2. The van der Waals surface area contributed by atoms with Gasteiger partial charge in [-0.15, -0.1) is 0 Å². The van der Waals surface area contributed by atoms with Crippen LogP contribution in [0.2, 0.25) is 0 Å². The van der Waals surface area contributed by atoms with Crippen LogP contribution in [-0.4, -0.2) is 29.0 Å². The van der Waals surface area contributed by atoms with Gasteiger partial charge >= 0.3 is 279 Å². The van der Waals surface area contributed by atoms with Crippen molar-refractivity contribution < 1.29 is 27.3 Å². The maximum atomic E-state index is 5.36. The number of benzene rings is 3. The molecular weight excluding hydrogens is 751 g/mol. The molecule has 0 atom stereocenters. The summed E-state index contributed by atoms with van der Waals surface area (Å²) in [6.07, 6.45) is 5.61. The summed E-state index contributed by atoms with van der Waals surface area (Å²) in [5, 5.41) is 0. The van der Waals surface area contributed by atoms with Gasteiger partial charge in [0.05, 0.1) is 0 Å². The van der Waals surface area contributed by atoms with Gasteiger partial charge in [-0.25, -0.2) is 0 Å². The molecule has 6 aromatic rings. The van der Waals surface area contributed by atoms with Crippen LogP contribution in [0.15, 0.2) is 91.0 Å². The van der Waals surface area contributed by atoms with Gasteiger partial charge in [0.2, 0.25) is 0 Å². The molecule has 3 aromatic heterocycles. The van der Waals surface area contributed by atoms with Crippen LogP contribution in [0.1, 0.15) is 57.5 Å². The topological polar surface area (TPSA) is 65.1 Å². The molecular formula is C36H45IrN9+3. The minimum atomic E-state index is -2.92. The zero-order valence-electron chi connectivity index (χ0n) is 27.8. The molecule has 0 unspecified atom stereocenters. The molecule has 0 saturated heterocycles. The van der Waals surface area contributed by atoms with Crippen molar-refractivity contribution in [1.29, 1.82) is 0 Å². The standard InChI is InChI=1S/3C12H15N3.Ir/c3*1-3-7-11-13-12(15(2)14-11)10-8-5-4-6-9-10;/h3*4-6,8-9H,3,7H2,1-2H3;/q;;;+3. The van der Waals surface area contributed by atoms with Crippen molar-refractivity contribution in [3.63, 3.8) is 0 Å². The molecule has 0 aliphatic rings. The second-order valence-corrected chi connectivity index (χ2v) is 15.9. The Morgan fingerprint density at radius 3 is 0.957 bits per heavy atom. The van der Waals surface area contributed by atoms with Crippen LogP contribution in [0, 0.1) is 0 Å². The van der Waals surface area contributed by atoms with Gasteiger partial charge in [0, 0.05) is 0 Å². The van der Waals surface area contributed by atoms with E-state index in [1.54, 1.807) is 0 Å². The van der Waals surface area contributed by atoms with Gasteiger partial charge in [0.25, 0.3) is 0 Å². The van der Waals surface area contributed by atoms with Crippen molar-refractivity contribution in [2.24, 2.45) is 21.1 Å². The molecule has 9 nitrogen and oxygen atoms in total. The van der Waals surface area contributed by atoms with Crippen LogP contribution in [0.4, 0.5) is 0 Å². The van der Waals surface area contributed by atoms with E-state index < -0.39 is 17.2 Å². The Hall–Kier alpha value is -4.27. The van der Waals surface area contributed by atoms with Crippen LogP contribution < -0.4 is 10.1 Å². The molecule has 0 spiro atoms. The molecule has 0 bridgehead atoms. The molecule has 0 aliphatic carbocycles. The van der Waals surface area contributed by atoms with E-state index in [0.717, 1.165) is 90.2 Å². The molecule has 240 valence electrons. The predicted molar refractivity (Wildman–Crippen MR) is 175 cm³/mol. The first kappa shape index (κ1) is 31.7. The maximum absolute atomic E-state index is 5.36. The summed E-state index contributed by atoms with van der Waals surface area (Å²) in [4.78, 5) is 16.1. The fourth-order valence-electron chi connectivity index (χ4n) is 5.75. The molecule has 3 heterocycles. The zero-order chi connectivity index (χ0) is 32.2. The number of hydrogen-bond donors (Lipinski definition) is 0. The predicted octanol–water partition coefficient (Wildman–Crippen LogP) is 4.92. The van der Waals surface area contributed by atoms with E-state index in [4.69, 9.17) is 15.0 Å². The number of hydrogen-bond acceptors (Lipinski definition) is 3. The van der Waals surface area contributed by atoms with E-state index >= 15 is 0 Å². The van der Waals surface area contributed by atoms with E-state index in [0.29, 0.717) is 0 Å². The minimum absolute atomic E-state index is 0.872. The van der Waals surface area contributed by atoms with Gasteiger partial charge in [0.15, 0.2) is 0 Å². The Bertz CT molecular complexity index is 1690. The summed E-state index contributed by atoms with van der Waals surface area (Å²) >= 11 is -2.92. The van der Waals surface area contributed by atoms with Crippen molar-refractivity contribution in [3.05, 3.63) is 108 Å². The molecule has 0 radical (unpaired) electrons. The van der Waals surface area contributed by atoms with E-state index in [1.165, 1.54) is 0 Å². The second kappa shape index (κ2) is 14.0. The van der Waals surface area contributed by atoms with Crippen LogP contribution >= 0.6 is 0 Å². The van der Waals surface area contributed by atoms with E-state index in [1.807, 2.05) is 0 Å². The quantitative estimate of drug-likeness (QED) is 0.177. The molecule has 0 N–H and O–H groups in total. The van der Waals surface area contributed by atoms with Crippen LogP contribution in [0.25, 0.3) is 34.2 Å². The molecule has 6 rings (SSSR count). The van der Waals surface area contributed by atoms with E-state index in [9.17, 15) is 0 Å². The van der Waals surface area contributed by atoms with Gasteiger partial charge < -0.3 is 0 Å². The molecule has 0 amide bonds. The summed E-state index contributed by atoms with van der Waals surface area (Å²) in [5.41, 5.74) is 3.34. The van der Waals surface area contributed by atoms with Gasteiger partial charge in [-0.05, 0) is 0 Å². The average molecular weight is 796 g/mol. The van der Waals surface area contributed by atoms with Crippen LogP contribution in [0.3, 0.4) is 0 Å².